The van der Waals surface area contributed by atoms with E-state index < -0.39 is 8.30 Å². The second kappa shape index (κ2) is 6.70. The second-order valence-corrected chi connectivity index (χ2v) is 5.32. The number of nitrogens with two attached hydrogens (primary N) is 1. The van der Waals surface area contributed by atoms with E-state index in [4.69, 9.17) is 10.6 Å². The molecule has 0 aromatic rings. The summed E-state index contributed by atoms with van der Waals surface area (Å²) in [7, 11) is -0.936. The lowest BCUT2D eigenvalue weighted by molar-refractivity contribution is 0.190. The van der Waals surface area contributed by atoms with Gasteiger partial charge in [-0.3, -0.25) is 5.09 Å². The minimum atomic E-state index is -0.936. The Morgan fingerprint density at radius 1 is 1.50 bits per heavy atom. The fourth-order valence-electron chi connectivity index (χ4n) is 1.82. The SMILES string of the molecule is CP(O)NCCN1CCC(CN)CC1. The molecule has 1 aliphatic rings. The van der Waals surface area contributed by atoms with Gasteiger partial charge in [0, 0.05) is 13.1 Å². The maximum Gasteiger partial charge on any atom is 0.0944 e. The Labute approximate surface area is 87.7 Å². The lowest BCUT2D eigenvalue weighted by Gasteiger charge is -2.31. The molecular formula is C9H22N3OP. The number of nitrogens with one attached hydrogen (secondary N) is 1. The Bertz CT molecular complexity index is 149. The number of hydrogen-bond acceptors (Lipinski definition) is 4. The van der Waals surface area contributed by atoms with Crippen LogP contribution in [0.1, 0.15) is 12.8 Å². The number of rotatable bonds is 5. The highest BCUT2D eigenvalue weighted by Gasteiger charge is 2.17. The molecule has 1 heterocycles. The molecule has 5 heteroatoms. The highest BCUT2D eigenvalue weighted by Crippen LogP contribution is 2.17. The molecule has 4 nitrogen and oxygen atoms in total. The fourth-order valence-corrected chi connectivity index (χ4v) is 2.24. The maximum absolute atomic E-state index is 9.08. The van der Waals surface area contributed by atoms with Crippen LogP contribution in [0.2, 0.25) is 0 Å². The normalized spacial score (nSPS) is 22.5. The summed E-state index contributed by atoms with van der Waals surface area (Å²) in [5, 5.41) is 3.07. The summed E-state index contributed by atoms with van der Waals surface area (Å²) in [6.07, 6.45) is 2.47. The van der Waals surface area contributed by atoms with Gasteiger partial charge in [0.15, 0.2) is 0 Å². The topological polar surface area (TPSA) is 61.5 Å². The summed E-state index contributed by atoms with van der Waals surface area (Å²) >= 11 is 0. The lowest BCUT2D eigenvalue weighted by atomic mass is 9.97. The highest BCUT2D eigenvalue weighted by atomic mass is 31.2. The average Bonchev–Trinajstić information content (AvgIpc) is 2.18. The summed E-state index contributed by atoms with van der Waals surface area (Å²) < 4.78 is 0. The van der Waals surface area contributed by atoms with Crippen LogP contribution in [0.4, 0.5) is 0 Å². The Kier molecular flexibility index (Phi) is 5.90. The predicted molar refractivity (Wildman–Crippen MR) is 61.3 cm³/mol. The van der Waals surface area contributed by atoms with Gasteiger partial charge in [0.1, 0.15) is 0 Å². The summed E-state index contributed by atoms with van der Waals surface area (Å²) in [5.74, 6) is 0.736. The van der Waals surface area contributed by atoms with Crippen molar-refractivity contribution < 1.29 is 4.89 Å². The predicted octanol–water partition coefficient (Wildman–Crippen LogP) is 0.181. The molecule has 4 N–H and O–H groups in total. The molecule has 1 rings (SSSR count). The fraction of sp³-hybridized carbons (Fsp3) is 1.00. The van der Waals surface area contributed by atoms with Gasteiger partial charge in [-0.15, -0.1) is 0 Å². The van der Waals surface area contributed by atoms with Gasteiger partial charge in [-0.1, -0.05) is 0 Å². The first-order chi connectivity index (χ1) is 6.72. The van der Waals surface area contributed by atoms with Gasteiger partial charge in [0.25, 0.3) is 0 Å². The quantitative estimate of drug-likeness (QED) is 0.577. The molecule has 0 saturated carbocycles. The van der Waals surface area contributed by atoms with Crippen molar-refractivity contribution in [3.63, 3.8) is 0 Å². The standard InChI is InChI=1S/C9H22N3OP/c1-14(13)11-4-7-12-5-2-9(8-10)3-6-12/h9,11,13H,2-8,10H2,1H3. The molecule has 14 heavy (non-hydrogen) atoms. The molecule has 1 aliphatic heterocycles. The third-order valence-electron chi connectivity index (χ3n) is 2.81. The number of piperidine rings is 1. The monoisotopic (exact) mass is 219 g/mol. The van der Waals surface area contributed by atoms with E-state index in [0.717, 1.165) is 38.6 Å². The van der Waals surface area contributed by atoms with Gasteiger partial charge >= 0.3 is 0 Å². The minimum absolute atomic E-state index is 0.736. The van der Waals surface area contributed by atoms with Gasteiger partial charge in [0.05, 0.1) is 8.30 Å². The van der Waals surface area contributed by atoms with Crippen LogP contribution < -0.4 is 10.8 Å². The van der Waals surface area contributed by atoms with Crippen LogP contribution in [0.25, 0.3) is 0 Å². The minimum Gasteiger partial charge on any atom is -0.359 e. The zero-order chi connectivity index (χ0) is 10.4. The van der Waals surface area contributed by atoms with Crippen LogP contribution in [-0.4, -0.2) is 49.2 Å². The van der Waals surface area contributed by atoms with Gasteiger partial charge in [-0.25, -0.2) is 0 Å². The van der Waals surface area contributed by atoms with Crippen molar-refractivity contribution in [2.45, 2.75) is 12.8 Å². The van der Waals surface area contributed by atoms with E-state index in [-0.39, 0.29) is 0 Å². The highest BCUT2D eigenvalue weighted by molar-refractivity contribution is 7.48. The lowest BCUT2D eigenvalue weighted by Crippen LogP contribution is -2.39. The van der Waals surface area contributed by atoms with Crippen molar-refractivity contribution in [2.75, 3.05) is 39.4 Å². The number of likely N-dealkylation sites (tertiary alicyclic amines) is 1. The van der Waals surface area contributed by atoms with Gasteiger partial charge in [-0.05, 0) is 45.1 Å². The Morgan fingerprint density at radius 2 is 2.14 bits per heavy atom. The summed E-state index contributed by atoms with van der Waals surface area (Å²) in [5.41, 5.74) is 5.63. The van der Waals surface area contributed by atoms with Crippen LogP contribution in [0.3, 0.4) is 0 Å². The van der Waals surface area contributed by atoms with Crippen molar-refractivity contribution in [3.05, 3.63) is 0 Å². The first-order valence-electron chi connectivity index (χ1n) is 5.31. The van der Waals surface area contributed by atoms with Crippen LogP contribution in [0, 0.1) is 5.92 Å². The molecule has 0 bridgehead atoms. The Balaban J connectivity index is 2.04. The summed E-state index contributed by atoms with van der Waals surface area (Å²) in [6, 6.07) is 0. The smallest absolute Gasteiger partial charge is 0.0944 e. The van der Waals surface area contributed by atoms with Crippen LogP contribution in [0.5, 0.6) is 0 Å². The van der Waals surface area contributed by atoms with E-state index in [1.165, 1.54) is 12.8 Å². The van der Waals surface area contributed by atoms with Crippen LogP contribution in [0.15, 0.2) is 0 Å². The molecular weight excluding hydrogens is 197 g/mol. The molecule has 0 aliphatic carbocycles. The zero-order valence-corrected chi connectivity index (χ0v) is 9.84. The van der Waals surface area contributed by atoms with E-state index in [1.54, 1.807) is 0 Å². The van der Waals surface area contributed by atoms with E-state index >= 15 is 0 Å². The summed E-state index contributed by atoms with van der Waals surface area (Å²) in [6.45, 7) is 6.92. The molecule has 0 radical (unpaired) electrons. The first-order valence-corrected chi connectivity index (χ1v) is 7.05. The molecule has 84 valence electrons. The third-order valence-corrected chi connectivity index (χ3v) is 3.49. The molecule has 0 spiro atoms. The Hall–Kier alpha value is 0.270. The van der Waals surface area contributed by atoms with Crippen LogP contribution >= 0.6 is 8.30 Å². The molecule has 1 atom stereocenters. The maximum atomic E-state index is 9.08. The van der Waals surface area contributed by atoms with Crippen molar-refractivity contribution in [1.82, 2.24) is 9.99 Å². The van der Waals surface area contributed by atoms with Gasteiger partial charge in [-0.2, -0.15) is 0 Å². The first kappa shape index (κ1) is 12.3. The molecule has 0 aromatic carbocycles. The number of hydrogen-bond donors (Lipinski definition) is 3. The van der Waals surface area contributed by atoms with Gasteiger partial charge < -0.3 is 15.5 Å². The molecule has 0 aromatic heterocycles. The van der Waals surface area contributed by atoms with Crippen molar-refractivity contribution in [1.29, 1.82) is 0 Å². The van der Waals surface area contributed by atoms with E-state index in [2.05, 4.69) is 9.99 Å². The molecule has 1 unspecified atom stereocenters. The van der Waals surface area contributed by atoms with E-state index in [9.17, 15) is 0 Å². The van der Waals surface area contributed by atoms with E-state index in [1.807, 2.05) is 6.66 Å². The average molecular weight is 219 g/mol. The number of nitrogens with zero attached hydrogens (tertiary/aromatic N) is 1. The van der Waals surface area contributed by atoms with Crippen LogP contribution in [-0.2, 0) is 0 Å². The molecule has 0 amide bonds. The van der Waals surface area contributed by atoms with Crippen molar-refractivity contribution in [2.24, 2.45) is 11.7 Å². The summed E-state index contributed by atoms with van der Waals surface area (Å²) in [4.78, 5) is 11.5. The Morgan fingerprint density at radius 3 is 2.64 bits per heavy atom. The van der Waals surface area contributed by atoms with E-state index in [0.29, 0.717) is 0 Å². The van der Waals surface area contributed by atoms with Gasteiger partial charge in [0.2, 0.25) is 0 Å². The molecule has 1 fully saturated rings. The zero-order valence-electron chi connectivity index (χ0n) is 8.95. The van der Waals surface area contributed by atoms with Crippen molar-refractivity contribution >= 4 is 8.30 Å². The third kappa shape index (κ3) is 4.67. The van der Waals surface area contributed by atoms with Crippen molar-refractivity contribution in [3.8, 4) is 0 Å². The largest absolute Gasteiger partial charge is 0.359 e. The molecule has 1 saturated heterocycles. The second-order valence-electron chi connectivity index (χ2n) is 3.95.